The molecule has 0 aliphatic rings. The van der Waals surface area contributed by atoms with Crippen molar-refractivity contribution in [2.75, 3.05) is 14.1 Å². The van der Waals surface area contributed by atoms with Crippen LogP contribution in [0.5, 0.6) is 0 Å². The Hall–Kier alpha value is -0.660. The van der Waals surface area contributed by atoms with Crippen molar-refractivity contribution in [2.24, 2.45) is 4.99 Å². The summed E-state index contributed by atoms with van der Waals surface area (Å²) in [6, 6.07) is 2.70. The lowest BCUT2D eigenvalue weighted by Gasteiger charge is -2.24. The topological polar surface area (TPSA) is 39.5 Å². The van der Waals surface area contributed by atoms with Crippen LogP contribution in [0.25, 0.3) is 0 Å². The third kappa shape index (κ3) is 3.30. The fraction of sp³-hybridized carbons (Fsp3) is 0.875. The highest BCUT2D eigenvalue weighted by Gasteiger charge is 2.15. The Balaban J connectivity index is 4.12. The highest BCUT2D eigenvalue weighted by atomic mass is 15.1. The molecule has 0 aromatic carbocycles. The summed E-state index contributed by atoms with van der Waals surface area (Å²) in [6.45, 7) is 4.18. The quantitative estimate of drug-likeness (QED) is 0.613. The average Bonchev–Trinajstić information content (AvgIpc) is 1.98. The van der Waals surface area contributed by atoms with Crippen LogP contribution in [0.2, 0.25) is 0 Å². The van der Waals surface area contributed by atoms with Crippen LogP contribution in [0.1, 0.15) is 20.3 Å². The Morgan fingerprint density at radius 2 is 2.09 bits per heavy atom. The molecule has 0 amide bonds. The number of nitrogens with zero attached hydrogens (tertiary/aromatic N) is 2. The third-order valence-electron chi connectivity index (χ3n) is 2.02. The number of hydrogen-bond acceptors (Lipinski definition) is 3. The maximum absolute atomic E-state index is 6.74. The number of likely N-dealkylation sites (N-methyl/N-ethyl adjacent to an activating group) is 1. The first-order valence-electron chi connectivity index (χ1n) is 3.91. The van der Waals surface area contributed by atoms with Crippen molar-refractivity contribution >= 4 is 6.01 Å². The molecule has 0 saturated heterocycles. The van der Waals surface area contributed by atoms with Crippen molar-refractivity contribution in [1.82, 2.24) is 4.90 Å². The highest BCUT2D eigenvalue weighted by Crippen LogP contribution is 2.06. The molecule has 2 atom stereocenters. The van der Waals surface area contributed by atoms with Gasteiger partial charge < -0.3 is 4.90 Å². The second-order valence-electron chi connectivity index (χ2n) is 2.92. The normalized spacial score (nSPS) is 15.7. The molecular formula is C8H17N3. The van der Waals surface area contributed by atoms with Crippen LogP contribution in [-0.2, 0) is 0 Å². The molecule has 0 rings (SSSR count). The van der Waals surface area contributed by atoms with Gasteiger partial charge in [0.1, 0.15) is 0 Å². The molecule has 64 valence electrons. The largest absolute Gasteiger partial charge is 0.305 e. The van der Waals surface area contributed by atoms with Crippen LogP contribution in [0.3, 0.4) is 0 Å². The Labute approximate surface area is 68.6 Å². The van der Waals surface area contributed by atoms with E-state index in [0.717, 1.165) is 6.42 Å². The molecule has 0 aliphatic heterocycles. The van der Waals surface area contributed by atoms with Gasteiger partial charge in [0.05, 0.1) is 12.1 Å². The SMILES string of the molecule is CCC(N=C=N)C(C)N(C)C. The summed E-state index contributed by atoms with van der Waals surface area (Å²) in [6.07, 6.45) is 0.964. The second kappa shape index (κ2) is 5.05. The molecule has 0 radical (unpaired) electrons. The van der Waals surface area contributed by atoms with Gasteiger partial charge >= 0.3 is 0 Å². The molecule has 2 unspecified atom stereocenters. The molecule has 0 heterocycles. The van der Waals surface area contributed by atoms with Crippen LogP contribution in [-0.4, -0.2) is 37.1 Å². The Morgan fingerprint density at radius 3 is 2.36 bits per heavy atom. The van der Waals surface area contributed by atoms with E-state index < -0.39 is 0 Å². The lowest BCUT2D eigenvalue weighted by atomic mass is 10.1. The van der Waals surface area contributed by atoms with Crippen molar-refractivity contribution in [3.63, 3.8) is 0 Å². The van der Waals surface area contributed by atoms with E-state index in [1.807, 2.05) is 14.1 Å². The number of rotatable bonds is 4. The van der Waals surface area contributed by atoms with Crippen LogP contribution in [0.4, 0.5) is 0 Å². The predicted molar refractivity (Wildman–Crippen MR) is 47.4 cm³/mol. The summed E-state index contributed by atoms with van der Waals surface area (Å²) in [5.74, 6) is 0. The van der Waals surface area contributed by atoms with Gasteiger partial charge in [0.15, 0.2) is 0 Å². The van der Waals surface area contributed by atoms with Gasteiger partial charge in [0, 0.05) is 6.04 Å². The Kier molecular flexibility index (Phi) is 4.75. The van der Waals surface area contributed by atoms with Crippen molar-refractivity contribution < 1.29 is 0 Å². The molecule has 3 heteroatoms. The molecule has 0 aliphatic carbocycles. The van der Waals surface area contributed by atoms with Crippen molar-refractivity contribution in [1.29, 1.82) is 5.41 Å². The molecule has 0 fully saturated rings. The molecule has 0 bridgehead atoms. The van der Waals surface area contributed by atoms with E-state index in [0.29, 0.717) is 6.04 Å². The zero-order valence-corrected chi connectivity index (χ0v) is 7.76. The van der Waals surface area contributed by atoms with Gasteiger partial charge in [0.25, 0.3) is 0 Å². The van der Waals surface area contributed by atoms with Crippen LogP contribution < -0.4 is 0 Å². The molecular weight excluding hydrogens is 138 g/mol. The summed E-state index contributed by atoms with van der Waals surface area (Å²) in [4.78, 5) is 6.04. The number of hydrogen-bond donors (Lipinski definition) is 1. The summed E-state index contributed by atoms with van der Waals surface area (Å²) in [5.41, 5.74) is 0. The molecule has 0 spiro atoms. The van der Waals surface area contributed by atoms with Crippen molar-refractivity contribution in [3.8, 4) is 0 Å². The monoisotopic (exact) mass is 155 g/mol. The molecule has 0 aromatic heterocycles. The number of nitrogens with one attached hydrogen (secondary N) is 1. The minimum atomic E-state index is 0.211. The summed E-state index contributed by atoms with van der Waals surface area (Å²) >= 11 is 0. The van der Waals surface area contributed by atoms with Gasteiger partial charge in [-0.25, -0.2) is 10.4 Å². The molecule has 0 saturated carbocycles. The van der Waals surface area contributed by atoms with Gasteiger partial charge in [-0.3, -0.25) is 0 Å². The smallest absolute Gasteiger partial charge is 0.0865 e. The second-order valence-corrected chi connectivity index (χ2v) is 2.92. The fourth-order valence-corrected chi connectivity index (χ4v) is 0.967. The minimum Gasteiger partial charge on any atom is -0.305 e. The van der Waals surface area contributed by atoms with Gasteiger partial charge in [-0.15, -0.1) is 0 Å². The van der Waals surface area contributed by atoms with Crippen LogP contribution >= 0.6 is 0 Å². The lowest BCUT2D eigenvalue weighted by Crippen LogP contribution is -2.34. The van der Waals surface area contributed by atoms with Crippen molar-refractivity contribution in [3.05, 3.63) is 0 Å². The standard InChI is InChI=1S/C8H17N3/c1-5-8(10-6-9)7(2)11(3)4/h7-9H,5H2,1-4H3. The Bertz CT molecular complexity index is 147. The van der Waals surface area contributed by atoms with Gasteiger partial charge in [0.2, 0.25) is 0 Å². The van der Waals surface area contributed by atoms with Crippen LogP contribution in [0, 0.1) is 5.41 Å². The fourth-order valence-electron chi connectivity index (χ4n) is 0.967. The van der Waals surface area contributed by atoms with E-state index in [2.05, 4.69) is 29.7 Å². The minimum absolute atomic E-state index is 0.211. The van der Waals surface area contributed by atoms with E-state index in [1.165, 1.54) is 0 Å². The van der Waals surface area contributed by atoms with E-state index in [-0.39, 0.29) is 6.04 Å². The van der Waals surface area contributed by atoms with Gasteiger partial charge in [-0.2, -0.15) is 0 Å². The van der Waals surface area contributed by atoms with E-state index >= 15 is 0 Å². The first-order chi connectivity index (χ1) is 5.13. The molecule has 3 nitrogen and oxygen atoms in total. The Morgan fingerprint density at radius 1 is 1.55 bits per heavy atom. The first kappa shape index (κ1) is 10.3. The highest BCUT2D eigenvalue weighted by molar-refractivity contribution is 5.36. The van der Waals surface area contributed by atoms with Crippen molar-refractivity contribution in [2.45, 2.75) is 32.4 Å². The van der Waals surface area contributed by atoms with E-state index in [1.54, 1.807) is 0 Å². The van der Waals surface area contributed by atoms with Gasteiger partial charge in [-0.1, -0.05) is 6.92 Å². The maximum Gasteiger partial charge on any atom is 0.0865 e. The maximum atomic E-state index is 6.74. The summed E-state index contributed by atoms with van der Waals surface area (Å²) < 4.78 is 0. The predicted octanol–water partition coefficient (Wildman–Crippen LogP) is 1.47. The summed E-state index contributed by atoms with van der Waals surface area (Å²) in [5, 5.41) is 6.74. The molecule has 11 heavy (non-hydrogen) atoms. The zero-order valence-electron chi connectivity index (χ0n) is 7.76. The zero-order chi connectivity index (χ0) is 8.85. The lowest BCUT2D eigenvalue weighted by molar-refractivity contribution is 0.270. The van der Waals surface area contributed by atoms with Gasteiger partial charge in [-0.05, 0) is 27.4 Å². The summed E-state index contributed by atoms with van der Waals surface area (Å²) in [7, 11) is 4.04. The third-order valence-corrected chi connectivity index (χ3v) is 2.02. The van der Waals surface area contributed by atoms with E-state index in [9.17, 15) is 0 Å². The molecule has 1 N–H and O–H groups in total. The number of aliphatic imine (C=N–C) groups is 1. The molecule has 0 aromatic rings. The first-order valence-corrected chi connectivity index (χ1v) is 3.91. The van der Waals surface area contributed by atoms with Crippen LogP contribution in [0.15, 0.2) is 4.99 Å². The average molecular weight is 155 g/mol. The van der Waals surface area contributed by atoms with E-state index in [4.69, 9.17) is 5.41 Å².